The van der Waals surface area contributed by atoms with Gasteiger partial charge in [0, 0.05) is 12.0 Å². The largest absolute Gasteiger partial charge is 0.346 e. The normalized spacial score (nSPS) is 25.3. The number of benzene rings is 1. The van der Waals surface area contributed by atoms with Crippen molar-refractivity contribution in [2.75, 3.05) is 0 Å². The highest BCUT2D eigenvalue weighted by atomic mass is 19.1. The molecule has 1 amide bonds. The van der Waals surface area contributed by atoms with E-state index in [0.717, 1.165) is 0 Å². The monoisotopic (exact) mass is 179 g/mol. The molecular formula is C10H10FNO. The van der Waals surface area contributed by atoms with Crippen LogP contribution in [0.25, 0.3) is 0 Å². The lowest BCUT2D eigenvalue weighted by molar-refractivity contribution is 0.0947. The highest BCUT2D eigenvalue weighted by Crippen LogP contribution is 2.25. The van der Waals surface area contributed by atoms with Crippen molar-refractivity contribution < 1.29 is 9.18 Å². The van der Waals surface area contributed by atoms with E-state index < -0.39 is 6.17 Å². The fourth-order valence-electron chi connectivity index (χ4n) is 1.15. The maximum Gasteiger partial charge on any atom is 0.251 e. The Morgan fingerprint density at radius 1 is 1.38 bits per heavy atom. The van der Waals surface area contributed by atoms with Crippen LogP contribution in [0.2, 0.25) is 0 Å². The second-order valence-electron chi connectivity index (χ2n) is 3.20. The smallest absolute Gasteiger partial charge is 0.251 e. The lowest BCUT2D eigenvalue weighted by atomic mass is 10.2. The number of amides is 1. The number of hydrogen-bond donors (Lipinski definition) is 1. The molecule has 1 aromatic rings. The van der Waals surface area contributed by atoms with Gasteiger partial charge in [-0.3, -0.25) is 4.79 Å². The van der Waals surface area contributed by atoms with Crippen LogP contribution in [0.4, 0.5) is 4.39 Å². The summed E-state index contributed by atoms with van der Waals surface area (Å²) in [5.74, 6) is -0.189. The van der Waals surface area contributed by atoms with Gasteiger partial charge in [0.1, 0.15) is 6.17 Å². The zero-order chi connectivity index (χ0) is 9.26. The molecular weight excluding hydrogens is 169 g/mol. The van der Waals surface area contributed by atoms with Crippen LogP contribution in [0.5, 0.6) is 0 Å². The lowest BCUT2D eigenvalue weighted by Gasteiger charge is -2.01. The summed E-state index contributed by atoms with van der Waals surface area (Å²) in [6, 6.07) is 8.58. The summed E-state index contributed by atoms with van der Waals surface area (Å²) in [6.45, 7) is 0. The molecule has 3 heteroatoms. The topological polar surface area (TPSA) is 29.1 Å². The fraction of sp³-hybridized carbons (Fsp3) is 0.300. The first kappa shape index (κ1) is 8.23. The van der Waals surface area contributed by atoms with Gasteiger partial charge in [-0.2, -0.15) is 0 Å². The second-order valence-corrected chi connectivity index (χ2v) is 3.20. The number of carbonyl (C=O) groups excluding carboxylic acids is 1. The Hall–Kier alpha value is -1.38. The highest BCUT2D eigenvalue weighted by molar-refractivity contribution is 5.94. The van der Waals surface area contributed by atoms with Crippen molar-refractivity contribution in [1.29, 1.82) is 0 Å². The molecule has 1 N–H and O–H groups in total. The molecule has 0 unspecified atom stereocenters. The fourth-order valence-corrected chi connectivity index (χ4v) is 1.15. The van der Waals surface area contributed by atoms with Gasteiger partial charge >= 0.3 is 0 Å². The van der Waals surface area contributed by atoms with Gasteiger partial charge in [-0.15, -0.1) is 0 Å². The Balaban J connectivity index is 1.98. The van der Waals surface area contributed by atoms with Gasteiger partial charge in [-0.1, -0.05) is 18.2 Å². The molecule has 0 bridgehead atoms. The highest BCUT2D eigenvalue weighted by Gasteiger charge is 2.38. The van der Waals surface area contributed by atoms with Gasteiger partial charge in [0.25, 0.3) is 5.91 Å². The van der Waals surface area contributed by atoms with E-state index in [1.165, 1.54) is 0 Å². The number of alkyl halides is 1. The SMILES string of the molecule is O=C(N[C@@H]1C[C@@H]1F)c1ccccc1. The average Bonchev–Trinajstić information content (AvgIpc) is 2.83. The van der Waals surface area contributed by atoms with Gasteiger partial charge in [-0.25, -0.2) is 4.39 Å². The second kappa shape index (κ2) is 3.17. The third-order valence-corrected chi connectivity index (χ3v) is 2.07. The molecule has 68 valence electrons. The van der Waals surface area contributed by atoms with Crippen LogP contribution in [0.15, 0.2) is 30.3 Å². The average molecular weight is 179 g/mol. The first-order valence-electron chi connectivity index (χ1n) is 4.27. The van der Waals surface area contributed by atoms with E-state index in [-0.39, 0.29) is 11.9 Å². The molecule has 0 aliphatic heterocycles. The van der Waals surface area contributed by atoms with Gasteiger partial charge in [0.05, 0.1) is 6.04 Å². The molecule has 1 saturated carbocycles. The van der Waals surface area contributed by atoms with E-state index in [1.54, 1.807) is 24.3 Å². The van der Waals surface area contributed by atoms with Crippen molar-refractivity contribution in [3.8, 4) is 0 Å². The minimum Gasteiger partial charge on any atom is -0.346 e. The van der Waals surface area contributed by atoms with Crippen LogP contribution in [0.1, 0.15) is 16.8 Å². The zero-order valence-electron chi connectivity index (χ0n) is 7.03. The number of nitrogens with one attached hydrogen (secondary N) is 1. The maximum absolute atomic E-state index is 12.4. The number of rotatable bonds is 2. The quantitative estimate of drug-likeness (QED) is 0.732. The Kier molecular flexibility index (Phi) is 2.00. The first-order chi connectivity index (χ1) is 6.27. The molecule has 0 saturated heterocycles. The van der Waals surface area contributed by atoms with Crippen LogP contribution in [0.3, 0.4) is 0 Å². The predicted octanol–water partition coefficient (Wildman–Crippen LogP) is 1.53. The molecule has 2 rings (SSSR count). The van der Waals surface area contributed by atoms with Crippen LogP contribution in [0, 0.1) is 0 Å². The maximum atomic E-state index is 12.4. The van der Waals surface area contributed by atoms with Gasteiger partial charge in [-0.05, 0) is 12.1 Å². The van der Waals surface area contributed by atoms with Crippen molar-refractivity contribution in [2.24, 2.45) is 0 Å². The van der Waals surface area contributed by atoms with E-state index in [1.807, 2.05) is 6.07 Å². The van der Waals surface area contributed by atoms with E-state index in [2.05, 4.69) is 5.32 Å². The van der Waals surface area contributed by atoms with Crippen LogP contribution in [-0.4, -0.2) is 18.1 Å². The van der Waals surface area contributed by atoms with Crippen LogP contribution >= 0.6 is 0 Å². The minimum absolute atomic E-state index is 0.189. The molecule has 13 heavy (non-hydrogen) atoms. The Bertz CT molecular complexity index is 312. The number of carbonyl (C=O) groups is 1. The van der Waals surface area contributed by atoms with Crippen LogP contribution < -0.4 is 5.32 Å². The molecule has 0 radical (unpaired) electrons. The molecule has 2 nitrogen and oxygen atoms in total. The third-order valence-electron chi connectivity index (χ3n) is 2.07. The molecule has 1 fully saturated rings. The molecule has 0 aromatic heterocycles. The summed E-state index contributed by atoms with van der Waals surface area (Å²) >= 11 is 0. The van der Waals surface area contributed by atoms with Crippen molar-refractivity contribution in [2.45, 2.75) is 18.6 Å². The molecule has 1 aliphatic carbocycles. The summed E-state index contributed by atoms with van der Waals surface area (Å²) in [5, 5.41) is 2.61. The van der Waals surface area contributed by atoms with Crippen molar-refractivity contribution in [1.82, 2.24) is 5.32 Å². The molecule has 2 atom stereocenters. The zero-order valence-corrected chi connectivity index (χ0v) is 7.03. The van der Waals surface area contributed by atoms with Gasteiger partial charge in [0.2, 0.25) is 0 Å². The molecule has 0 spiro atoms. The Labute approximate surface area is 75.8 Å². The lowest BCUT2D eigenvalue weighted by Crippen LogP contribution is -2.26. The van der Waals surface area contributed by atoms with E-state index in [4.69, 9.17) is 0 Å². The van der Waals surface area contributed by atoms with Gasteiger partial charge < -0.3 is 5.32 Å². The molecule has 1 aromatic carbocycles. The Morgan fingerprint density at radius 3 is 2.54 bits per heavy atom. The van der Waals surface area contributed by atoms with Crippen molar-refractivity contribution in [3.63, 3.8) is 0 Å². The summed E-state index contributed by atoms with van der Waals surface area (Å²) < 4.78 is 12.4. The van der Waals surface area contributed by atoms with E-state index >= 15 is 0 Å². The summed E-state index contributed by atoms with van der Waals surface area (Å²) in [7, 11) is 0. The number of halogens is 1. The summed E-state index contributed by atoms with van der Waals surface area (Å²) in [6.07, 6.45) is -0.383. The minimum atomic E-state index is -0.840. The predicted molar refractivity (Wildman–Crippen MR) is 47.2 cm³/mol. The molecule has 0 heterocycles. The summed E-state index contributed by atoms with van der Waals surface area (Å²) in [5.41, 5.74) is 0.585. The first-order valence-corrected chi connectivity index (χ1v) is 4.27. The van der Waals surface area contributed by atoms with Crippen molar-refractivity contribution >= 4 is 5.91 Å². The summed E-state index contributed by atoms with van der Waals surface area (Å²) in [4.78, 5) is 11.4. The van der Waals surface area contributed by atoms with Crippen LogP contribution in [-0.2, 0) is 0 Å². The molecule has 1 aliphatic rings. The third kappa shape index (κ3) is 1.86. The van der Waals surface area contributed by atoms with Crippen molar-refractivity contribution in [3.05, 3.63) is 35.9 Å². The Morgan fingerprint density at radius 2 is 2.00 bits per heavy atom. The standard InChI is InChI=1S/C10H10FNO/c11-8-6-9(8)12-10(13)7-4-2-1-3-5-7/h1-5,8-9H,6H2,(H,12,13)/t8-,9+/m0/s1. The van der Waals surface area contributed by atoms with Gasteiger partial charge in [0.15, 0.2) is 0 Å². The van der Waals surface area contributed by atoms with E-state index in [9.17, 15) is 9.18 Å². The number of hydrogen-bond acceptors (Lipinski definition) is 1. The van der Waals surface area contributed by atoms with E-state index in [0.29, 0.717) is 12.0 Å².